The highest BCUT2D eigenvalue weighted by atomic mass is 16.5. The van der Waals surface area contributed by atoms with Crippen LogP contribution in [0.3, 0.4) is 0 Å². The number of piperidine rings is 1. The van der Waals surface area contributed by atoms with Gasteiger partial charge in [0.25, 0.3) is 5.91 Å². The second-order valence-electron chi connectivity index (χ2n) is 7.62. The summed E-state index contributed by atoms with van der Waals surface area (Å²) in [5.74, 6) is 0.761. The second kappa shape index (κ2) is 7.80. The Hall–Kier alpha value is -1.85. The van der Waals surface area contributed by atoms with Crippen LogP contribution in [0.4, 0.5) is 0 Å². The summed E-state index contributed by atoms with van der Waals surface area (Å²) in [6, 6.07) is 8.44. The fraction of sp³-hybridized carbons (Fsp3) is 0.571. The molecule has 0 saturated carbocycles. The Morgan fingerprint density at radius 3 is 2.77 bits per heavy atom. The van der Waals surface area contributed by atoms with Crippen LogP contribution in [-0.2, 0) is 11.3 Å². The highest BCUT2D eigenvalue weighted by Crippen LogP contribution is 2.22. The number of amides is 1. The van der Waals surface area contributed by atoms with E-state index < -0.39 is 0 Å². The number of nitrogens with one attached hydrogen (secondary N) is 1. The van der Waals surface area contributed by atoms with E-state index in [9.17, 15) is 4.79 Å². The smallest absolute Gasteiger partial charge is 0.253 e. The molecule has 5 heteroatoms. The van der Waals surface area contributed by atoms with Gasteiger partial charge in [-0.25, -0.2) is 0 Å². The molecule has 2 fully saturated rings. The Kier molecular flexibility index (Phi) is 5.27. The Morgan fingerprint density at radius 1 is 1.23 bits per heavy atom. The normalized spacial score (nSPS) is 22.1. The van der Waals surface area contributed by atoms with Gasteiger partial charge in [0.15, 0.2) is 0 Å². The molecule has 2 aliphatic rings. The van der Waals surface area contributed by atoms with E-state index in [4.69, 9.17) is 4.74 Å². The van der Waals surface area contributed by atoms with E-state index in [0.29, 0.717) is 5.92 Å². The number of hydrogen-bond acceptors (Lipinski definition) is 3. The third-order valence-corrected chi connectivity index (χ3v) is 5.84. The van der Waals surface area contributed by atoms with Crippen LogP contribution in [0, 0.1) is 5.92 Å². The van der Waals surface area contributed by atoms with Crippen LogP contribution in [0.15, 0.2) is 30.5 Å². The van der Waals surface area contributed by atoms with Crippen LogP contribution < -0.4 is 5.32 Å². The molecule has 26 heavy (non-hydrogen) atoms. The minimum absolute atomic E-state index is 0.0658. The molecule has 0 bridgehead atoms. The molecule has 0 radical (unpaired) electrons. The summed E-state index contributed by atoms with van der Waals surface area (Å²) in [5.41, 5.74) is 1.93. The van der Waals surface area contributed by atoms with Crippen LogP contribution in [0.2, 0.25) is 0 Å². The van der Waals surface area contributed by atoms with Crippen molar-refractivity contribution in [2.24, 2.45) is 5.92 Å². The Morgan fingerprint density at radius 2 is 2.04 bits per heavy atom. The van der Waals surface area contributed by atoms with Gasteiger partial charge < -0.3 is 19.5 Å². The van der Waals surface area contributed by atoms with Crippen molar-refractivity contribution in [2.75, 3.05) is 32.8 Å². The first kappa shape index (κ1) is 17.6. The summed E-state index contributed by atoms with van der Waals surface area (Å²) in [7, 11) is 0. The van der Waals surface area contributed by atoms with Gasteiger partial charge >= 0.3 is 0 Å². The predicted octanol–water partition coefficient (Wildman–Crippen LogP) is 2.89. The summed E-state index contributed by atoms with van der Waals surface area (Å²) in [6.07, 6.45) is 5.25. The molecule has 1 aromatic heterocycles. The number of aryl methyl sites for hydroxylation is 1. The third kappa shape index (κ3) is 3.64. The van der Waals surface area contributed by atoms with Gasteiger partial charge in [-0.3, -0.25) is 4.79 Å². The molecule has 1 aromatic carbocycles. The SMILES string of the molecule is CCn1cc(C(=O)NC2CCN(CC3CCOC3)CC2)c2ccccc21. The molecule has 1 amide bonds. The van der Waals surface area contributed by atoms with E-state index in [-0.39, 0.29) is 11.9 Å². The van der Waals surface area contributed by atoms with Gasteiger partial charge in [0.1, 0.15) is 0 Å². The number of carbonyl (C=O) groups excluding carboxylic acids is 1. The van der Waals surface area contributed by atoms with E-state index in [1.165, 1.54) is 6.42 Å². The molecule has 1 unspecified atom stereocenters. The van der Waals surface area contributed by atoms with E-state index in [1.807, 2.05) is 24.4 Å². The number of likely N-dealkylation sites (tertiary alicyclic amines) is 1. The first-order valence-corrected chi connectivity index (χ1v) is 9.93. The van der Waals surface area contributed by atoms with Gasteiger partial charge in [-0.1, -0.05) is 18.2 Å². The maximum Gasteiger partial charge on any atom is 0.253 e. The van der Waals surface area contributed by atoms with Gasteiger partial charge in [-0.05, 0) is 38.2 Å². The fourth-order valence-electron chi connectivity index (χ4n) is 4.30. The molecule has 4 rings (SSSR count). The molecule has 140 valence electrons. The first-order chi connectivity index (χ1) is 12.7. The summed E-state index contributed by atoms with van der Waals surface area (Å²) < 4.78 is 7.63. The molecule has 0 aliphatic carbocycles. The monoisotopic (exact) mass is 355 g/mol. The molecule has 3 heterocycles. The zero-order valence-electron chi connectivity index (χ0n) is 15.6. The number of ether oxygens (including phenoxy) is 1. The summed E-state index contributed by atoms with van der Waals surface area (Å²) in [4.78, 5) is 15.4. The van der Waals surface area contributed by atoms with Gasteiger partial charge in [0, 0.05) is 55.9 Å². The lowest BCUT2D eigenvalue weighted by Gasteiger charge is -2.33. The predicted molar refractivity (Wildman–Crippen MR) is 103 cm³/mol. The third-order valence-electron chi connectivity index (χ3n) is 5.84. The number of aromatic nitrogens is 1. The van der Waals surface area contributed by atoms with Gasteiger partial charge in [0.2, 0.25) is 0 Å². The van der Waals surface area contributed by atoms with Crippen LogP contribution in [0.25, 0.3) is 10.9 Å². The summed E-state index contributed by atoms with van der Waals surface area (Å²) in [5, 5.41) is 4.32. The van der Waals surface area contributed by atoms with Gasteiger partial charge in [-0.15, -0.1) is 0 Å². The van der Waals surface area contributed by atoms with Crippen molar-refractivity contribution in [1.82, 2.24) is 14.8 Å². The van der Waals surface area contributed by atoms with Crippen molar-refractivity contribution in [1.29, 1.82) is 0 Å². The maximum absolute atomic E-state index is 12.9. The zero-order chi connectivity index (χ0) is 17.9. The number of carbonyl (C=O) groups is 1. The van der Waals surface area contributed by atoms with Crippen molar-refractivity contribution in [2.45, 2.75) is 38.8 Å². The quantitative estimate of drug-likeness (QED) is 0.897. The van der Waals surface area contributed by atoms with Crippen LogP contribution >= 0.6 is 0 Å². The fourth-order valence-corrected chi connectivity index (χ4v) is 4.30. The number of fused-ring (bicyclic) bond motifs is 1. The zero-order valence-corrected chi connectivity index (χ0v) is 15.6. The molecule has 0 spiro atoms. The van der Waals surface area contributed by atoms with Crippen molar-refractivity contribution < 1.29 is 9.53 Å². The minimum Gasteiger partial charge on any atom is -0.381 e. The lowest BCUT2D eigenvalue weighted by Crippen LogP contribution is -2.45. The maximum atomic E-state index is 12.9. The highest BCUT2D eigenvalue weighted by molar-refractivity contribution is 6.07. The lowest BCUT2D eigenvalue weighted by molar-refractivity contribution is 0.0904. The number of benzene rings is 1. The topological polar surface area (TPSA) is 46.5 Å². The Balaban J connectivity index is 1.36. The first-order valence-electron chi connectivity index (χ1n) is 9.93. The van der Waals surface area contributed by atoms with Crippen LogP contribution in [-0.4, -0.2) is 54.3 Å². The van der Waals surface area contributed by atoms with Crippen molar-refractivity contribution in [3.63, 3.8) is 0 Å². The molecule has 1 N–H and O–H groups in total. The standard InChI is InChI=1S/C21H29N3O2/c1-2-24-14-19(18-5-3-4-6-20(18)24)21(25)22-17-7-10-23(11-8-17)13-16-9-12-26-15-16/h3-6,14,16-17H,2,7-13,15H2,1H3,(H,22,25). The largest absolute Gasteiger partial charge is 0.381 e. The van der Waals surface area contributed by atoms with Crippen LogP contribution in [0.1, 0.15) is 36.5 Å². The van der Waals surface area contributed by atoms with E-state index in [0.717, 1.165) is 68.7 Å². The van der Waals surface area contributed by atoms with Crippen molar-refractivity contribution in [3.05, 3.63) is 36.0 Å². The molecule has 2 aromatic rings. The Bertz CT molecular complexity index is 756. The van der Waals surface area contributed by atoms with Crippen molar-refractivity contribution >= 4 is 16.8 Å². The minimum atomic E-state index is 0.0658. The van der Waals surface area contributed by atoms with E-state index >= 15 is 0 Å². The highest BCUT2D eigenvalue weighted by Gasteiger charge is 2.25. The second-order valence-corrected chi connectivity index (χ2v) is 7.62. The molecule has 2 aliphatic heterocycles. The van der Waals surface area contributed by atoms with E-state index in [1.54, 1.807) is 0 Å². The lowest BCUT2D eigenvalue weighted by atomic mass is 10.0. The number of nitrogens with zero attached hydrogens (tertiary/aromatic N) is 2. The molecule has 5 nitrogen and oxygen atoms in total. The van der Waals surface area contributed by atoms with Gasteiger partial charge in [-0.2, -0.15) is 0 Å². The number of para-hydroxylation sites is 1. The number of rotatable bonds is 5. The van der Waals surface area contributed by atoms with Crippen molar-refractivity contribution in [3.8, 4) is 0 Å². The average Bonchev–Trinajstić information content (AvgIpc) is 3.31. The average molecular weight is 355 g/mol. The Labute approximate surface area is 155 Å². The van der Waals surface area contributed by atoms with E-state index in [2.05, 4.69) is 27.8 Å². The molecular formula is C21H29N3O2. The van der Waals surface area contributed by atoms with Crippen LogP contribution in [0.5, 0.6) is 0 Å². The summed E-state index contributed by atoms with van der Waals surface area (Å²) in [6.45, 7) is 8.10. The molecule has 2 saturated heterocycles. The molecule has 1 atom stereocenters. The van der Waals surface area contributed by atoms with Gasteiger partial charge in [0.05, 0.1) is 12.2 Å². The molecular weight excluding hydrogens is 326 g/mol. The summed E-state index contributed by atoms with van der Waals surface area (Å²) >= 11 is 0. The number of hydrogen-bond donors (Lipinski definition) is 1.